The Kier molecular flexibility index (Phi) is 4.68. The van der Waals surface area contributed by atoms with Crippen LogP contribution in [0, 0.1) is 6.92 Å². The van der Waals surface area contributed by atoms with Crippen molar-refractivity contribution in [2.75, 3.05) is 5.32 Å². The topological polar surface area (TPSA) is 54.0 Å². The normalized spacial score (nSPS) is 10.5. The largest absolute Gasteiger partial charge is 0.327 e. The van der Waals surface area contributed by atoms with Crippen LogP contribution in [-0.4, -0.2) is 10.4 Å². The lowest BCUT2D eigenvalue weighted by molar-refractivity contribution is 0.250. The molecule has 0 radical (unpaired) electrons. The molecule has 3 aromatic rings. The van der Waals surface area contributed by atoms with Crippen LogP contribution in [0.3, 0.4) is 0 Å². The molecule has 0 unspecified atom stereocenters. The molecule has 5 heteroatoms. The van der Waals surface area contributed by atoms with Gasteiger partial charge >= 0.3 is 6.03 Å². The summed E-state index contributed by atoms with van der Waals surface area (Å²) >= 11 is 1.27. The Morgan fingerprint density at radius 2 is 1.57 bits per heavy atom. The molecule has 0 fully saturated rings. The number of aromatic nitrogens is 1. The van der Waals surface area contributed by atoms with Crippen molar-refractivity contribution in [3.63, 3.8) is 0 Å². The molecule has 0 aliphatic carbocycles. The summed E-state index contributed by atoms with van der Waals surface area (Å²) in [5.41, 5.74) is 2.97. The van der Waals surface area contributed by atoms with Gasteiger partial charge in [-0.05, 0) is 35.6 Å². The summed E-state index contributed by atoms with van der Waals surface area (Å²) in [6.07, 6.45) is 0. The highest BCUT2D eigenvalue weighted by atomic mass is 32.1. The average Bonchev–Trinajstić information content (AvgIpc) is 2.99. The molecule has 0 bridgehead atoms. The zero-order valence-corrected chi connectivity index (χ0v) is 13.5. The minimum atomic E-state index is -0.244. The minimum absolute atomic E-state index is 0.202. The molecule has 0 aliphatic rings. The summed E-state index contributed by atoms with van der Waals surface area (Å²) < 4.78 is 4.16. The first-order valence-electron chi connectivity index (χ1n) is 7.33. The number of aryl methyl sites for hydroxylation is 1. The predicted molar refractivity (Wildman–Crippen MR) is 93.7 cm³/mol. The maximum Gasteiger partial charge on any atom is 0.320 e. The Bertz CT molecular complexity index is 732. The molecule has 2 N–H and O–H groups in total. The zero-order valence-electron chi connectivity index (χ0n) is 12.7. The number of hydrogen-bond acceptors (Lipinski definition) is 3. The maximum atomic E-state index is 12.3. The number of rotatable bonds is 4. The van der Waals surface area contributed by atoms with E-state index in [0.717, 1.165) is 21.8 Å². The monoisotopic (exact) mass is 323 g/mol. The molecule has 23 heavy (non-hydrogen) atoms. The van der Waals surface area contributed by atoms with Crippen molar-refractivity contribution in [3.05, 3.63) is 83.6 Å². The molecule has 0 spiro atoms. The molecule has 0 saturated carbocycles. The van der Waals surface area contributed by atoms with Crippen LogP contribution in [0.1, 0.15) is 22.9 Å². The number of amides is 2. The van der Waals surface area contributed by atoms with Gasteiger partial charge in [0.2, 0.25) is 0 Å². The lowest BCUT2D eigenvalue weighted by atomic mass is 9.99. The van der Waals surface area contributed by atoms with Gasteiger partial charge in [0.25, 0.3) is 0 Å². The van der Waals surface area contributed by atoms with Crippen molar-refractivity contribution in [2.45, 2.75) is 13.0 Å². The quantitative estimate of drug-likeness (QED) is 0.749. The Balaban J connectivity index is 1.80. The molecule has 2 aromatic carbocycles. The molecule has 4 nitrogen and oxygen atoms in total. The summed E-state index contributed by atoms with van der Waals surface area (Å²) in [4.78, 5) is 12.3. The zero-order chi connectivity index (χ0) is 16.1. The molecular formula is C18H17N3OS. The van der Waals surface area contributed by atoms with Gasteiger partial charge in [-0.1, -0.05) is 60.7 Å². The van der Waals surface area contributed by atoms with Crippen LogP contribution >= 0.6 is 11.5 Å². The van der Waals surface area contributed by atoms with Gasteiger partial charge in [0.15, 0.2) is 0 Å². The second-order valence-electron chi connectivity index (χ2n) is 5.19. The third kappa shape index (κ3) is 3.96. The van der Waals surface area contributed by atoms with E-state index in [1.165, 1.54) is 11.5 Å². The van der Waals surface area contributed by atoms with E-state index in [2.05, 4.69) is 15.0 Å². The lowest BCUT2D eigenvalue weighted by Gasteiger charge is -2.19. The van der Waals surface area contributed by atoms with Gasteiger partial charge < -0.3 is 5.32 Å². The maximum absolute atomic E-state index is 12.3. The number of carbonyl (C=O) groups excluding carboxylic acids is 1. The Morgan fingerprint density at radius 3 is 2.04 bits per heavy atom. The van der Waals surface area contributed by atoms with Crippen LogP contribution in [0.15, 0.2) is 66.7 Å². The van der Waals surface area contributed by atoms with E-state index in [1.54, 1.807) is 0 Å². The van der Waals surface area contributed by atoms with Crippen LogP contribution in [0.25, 0.3) is 0 Å². The minimum Gasteiger partial charge on any atom is -0.327 e. The van der Waals surface area contributed by atoms with Crippen molar-refractivity contribution in [3.8, 4) is 0 Å². The Morgan fingerprint density at radius 1 is 1.00 bits per heavy atom. The number of benzene rings is 2. The molecule has 3 rings (SSSR count). The van der Waals surface area contributed by atoms with Crippen molar-refractivity contribution in [2.24, 2.45) is 0 Å². The van der Waals surface area contributed by atoms with Crippen molar-refractivity contribution >= 4 is 22.6 Å². The number of carbonyl (C=O) groups is 1. The van der Waals surface area contributed by atoms with Crippen molar-refractivity contribution < 1.29 is 4.79 Å². The fraction of sp³-hybridized carbons (Fsp3) is 0.111. The predicted octanol–water partition coefficient (Wildman–Crippen LogP) is 4.36. The number of nitrogens with zero attached hydrogens (tertiary/aromatic N) is 1. The first kappa shape index (κ1) is 15.2. The standard InChI is InChI=1S/C18H17N3OS/c1-13-12-16(23-21-13)19-18(22)20-17(14-8-4-2-5-9-14)15-10-6-3-7-11-15/h2-12,17H,1H3,(H2,19,20,22). The second kappa shape index (κ2) is 7.07. The number of urea groups is 1. The molecule has 0 aliphatic heterocycles. The first-order chi connectivity index (χ1) is 11.2. The first-order valence-corrected chi connectivity index (χ1v) is 8.10. The highest BCUT2D eigenvalue weighted by Gasteiger charge is 2.16. The average molecular weight is 323 g/mol. The molecule has 1 heterocycles. The number of hydrogen-bond donors (Lipinski definition) is 2. The summed E-state index contributed by atoms with van der Waals surface area (Å²) in [6.45, 7) is 1.90. The molecule has 0 atom stereocenters. The van der Waals surface area contributed by atoms with Gasteiger partial charge in [0.05, 0.1) is 11.7 Å². The number of nitrogens with one attached hydrogen (secondary N) is 2. The van der Waals surface area contributed by atoms with Gasteiger partial charge in [-0.25, -0.2) is 4.79 Å². The molecule has 116 valence electrons. The van der Waals surface area contributed by atoms with Gasteiger partial charge in [0, 0.05) is 0 Å². The third-order valence-electron chi connectivity index (χ3n) is 3.41. The van der Waals surface area contributed by atoms with Crippen molar-refractivity contribution in [1.29, 1.82) is 0 Å². The highest BCUT2D eigenvalue weighted by molar-refractivity contribution is 7.10. The lowest BCUT2D eigenvalue weighted by Crippen LogP contribution is -2.33. The van der Waals surface area contributed by atoms with Crippen molar-refractivity contribution in [1.82, 2.24) is 9.69 Å². The molecule has 2 amide bonds. The van der Waals surface area contributed by atoms with Gasteiger partial charge in [-0.3, -0.25) is 5.32 Å². The van der Waals surface area contributed by atoms with E-state index in [9.17, 15) is 4.79 Å². The molecule has 1 aromatic heterocycles. The van der Waals surface area contributed by atoms with E-state index in [0.29, 0.717) is 0 Å². The fourth-order valence-electron chi connectivity index (χ4n) is 2.35. The van der Waals surface area contributed by atoms with E-state index >= 15 is 0 Å². The third-order valence-corrected chi connectivity index (χ3v) is 4.20. The summed E-state index contributed by atoms with van der Waals surface area (Å²) in [6, 6.07) is 21.2. The van der Waals surface area contributed by atoms with Crippen LogP contribution < -0.4 is 10.6 Å². The van der Waals surface area contributed by atoms with Crippen LogP contribution in [0.4, 0.5) is 9.80 Å². The van der Waals surface area contributed by atoms with Gasteiger partial charge in [0.1, 0.15) is 5.00 Å². The van der Waals surface area contributed by atoms with Crippen LogP contribution in [0.5, 0.6) is 0 Å². The van der Waals surface area contributed by atoms with E-state index in [4.69, 9.17) is 0 Å². The van der Waals surface area contributed by atoms with Gasteiger partial charge in [-0.2, -0.15) is 4.37 Å². The Hall–Kier alpha value is -2.66. The van der Waals surface area contributed by atoms with Crippen LogP contribution in [-0.2, 0) is 0 Å². The fourth-order valence-corrected chi connectivity index (χ4v) is 3.01. The summed E-state index contributed by atoms with van der Waals surface area (Å²) in [7, 11) is 0. The van der Waals surface area contributed by atoms with E-state index in [-0.39, 0.29) is 12.1 Å². The highest BCUT2D eigenvalue weighted by Crippen LogP contribution is 2.22. The molecule has 0 saturated heterocycles. The molecular weight excluding hydrogens is 306 g/mol. The summed E-state index contributed by atoms with van der Waals surface area (Å²) in [5, 5.41) is 6.61. The van der Waals surface area contributed by atoms with Gasteiger partial charge in [-0.15, -0.1) is 0 Å². The van der Waals surface area contributed by atoms with E-state index in [1.807, 2.05) is 73.7 Å². The second-order valence-corrected chi connectivity index (χ2v) is 5.99. The number of anilines is 1. The van der Waals surface area contributed by atoms with Crippen LogP contribution in [0.2, 0.25) is 0 Å². The Labute approximate surface area is 139 Å². The van der Waals surface area contributed by atoms with E-state index < -0.39 is 0 Å². The smallest absolute Gasteiger partial charge is 0.320 e. The SMILES string of the molecule is Cc1cc(NC(=O)NC(c2ccccc2)c2ccccc2)sn1. The summed E-state index contributed by atoms with van der Waals surface area (Å²) in [5.74, 6) is 0.